The number of pyridine rings is 1. The van der Waals surface area contributed by atoms with Gasteiger partial charge in [-0.15, -0.1) is 11.8 Å². The molecular weight excluding hydrogens is 410 g/mol. The molecule has 152 valence electrons. The fourth-order valence-electron chi connectivity index (χ4n) is 3.15. The lowest BCUT2D eigenvalue weighted by Crippen LogP contribution is -2.32. The molecule has 0 aliphatic heterocycles. The predicted molar refractivity (Wildman–Crippen MR) is 127 cm³/mol. The van der Waals surface area contributed by atoms with Crippen LogP contribution in [-0.2, 0) is 17.1 Å². The molecule has 4 aromatic rings. The molecule has 2 aromatic heterocycles. The molecule has 4 rings (SSSR count). The third-order valence-electron chi connectivity index (χ3n) is 4.99. The molecule has 4 nitrogen and oxygen atoms in total. The van der Waals surface area contributed by atoms with Gasteiger partial charge in [0.2, 0.25) is 5.91 Å². The van der Waals surface area contributed by atoms with Gasteiger partial charge in [-0.25, -0.2) is 4.98 Å². The number of carbonyl (C=O) groups excluding carboxylic acids is 1. The van der Waals surface area contributed by atoms with Gasteiger partial charge in [0.05, 0.1) is 28.2 Å². The number of hydrogen-bond acceptors (Lipinski definition) is 5. The Morgan fingerprint density at radius 1 is 1.03 bits per heavy atom. The van der Waals surface area contributed by atoms with Crippen molar-refractivity contribution in [2.45, 2.75) is 26.1 Å². The van der Waals surface area contributed by atoms with Gasteiger partial charge in [0.1, 0.15) is 0 Å². The molecule has 1 amide bonds. The summed E-state index contributed by atoms with van der Waals surface area (Å²) in [7, 11) is 0. The van der Waals surface area contributed by atoms with Crippen LogP contribution in [0.2, 0.25) is 0 Å². The molecule has 0 fully saturated rings. The average Bonchev–Trinajstić information content (AvgIpc) is 3.21. The first kappa shape index (κ1) is 20.6. The van der Waals surface area contributed by atoms with E-state index in [1.165, 1.54) is 16.7 Å². The molecule has 0 N–H and O–H groups in total. The number of amides is 1. The average molecular weight is 434 g/mol. The predicted octanol–water partition coefficient (Wildman–Crippen LogP) is 5.77. The van der Waals surface area contributed by atoms with Crippen LogP contribution in [0.1, 0.15) is 22.4 Å². The van der Waals surface area contributed by atoms with Crippen LogP contribution in [0.4, 0.5) is 5.13 Å². The van der Waals surface area contributed by atoms with E-state index >= 15 is 0 Å². The number of rotatable bonds is 7. The van der Waals surface area contributed by atoms with Crippen LogP contribution < -0.4 is 4.90 Å². The summed E-state index contributed by atoms with van der Waals surface area (Å²) in [5.41, 5.74) is 5.42. The highest BCUT2D eigenvalue weighted by molar-refractivity contribution is 7.99. The molecule has 0 radical (unpaired) electrons. The maximum Gasteiger partial charge on any atom is 0.239 e. The first-order valence-corrected chi connectivity index (χ1v) is 11.8. The van der Waals surface area contributed by atoms with Gasteiger partial charge in [0.25, 0.3) is 0 Å². The van der Waals surface area contributed by atoms with Gasteiger partial charge in [0.15, 0.2) is 5.13 Å². The van der Waals surface area contributed by atoms with E-state index in [2.05, 4.69) is 43.1 Å². The molecule has 0 saturated carbocycles. The number of hydrogen-bond donors (Lipinski definition) is 0. The highest BCUT2D eigenvalue weighted by Crippen LogP contribution is 2.33. The Bertz CT molecular complexity index is 1140. The fraction of sp³-hybridized carbons (Fsp3) is 0.208. The largest absolute Gasteiger partial charge is 0.281 e. The number of benzene rings is 2. The topological polar surface area (TPSA) is 46.1 Å². The van der Waals surface area contributed by atoms with Crippen LogP contribution in [-0.4, -0.2) is 21.6 Å². The maximum atomic E-state index is 13.2. The van der Waals surface area contributed by atoms with Crippen LogP contribution in [0, 0.1) is 13.8 Å². The molecule has 0 aliphatic rings. The number of aromatic nitrogens is 2. The Labute approximate surface area is 185 Å². The van der Waals surface area contributed by atoms with Gasteiger partial charge in [0, 0.05) is 11.9 Å². The molecule has 0 saturated heterocycles. The standard InChI is InChI=1S/C24H23N3OS2/c1-17-11-12-21-23(18(17)2)26-24(30-21)27(14-20-10-6-7-13-25-20)22(28)16-29-15-19-8-4-3-5-9-19/h3-13H,14-16H2,1-2H3. The number of nitrogens with zero attached hydrogens (tertiary/aromatic N) is 3. The second-order valence-corrected chi connectivity index (χ2v) is 9.12. The maximum absolute atomic E-state index is 13.2. The van der Waals surface area contributed by atoms with Gasteiger partial charge in [-0.2, -0.15) is 0 Å². The van der Waals surface area contributed by atoms with E-state index in [4.69, 9.17) is 4.98 Å². The van der Waals surface area contributed by atoms with Crippen molar-refractivity contribution in [2.24, 2.45) is 0 Å². The van der Waals surface area contributed by atoms with Crippen molar-refractivity contribution in [3.8, 4) is 0 Å². The molecule has 0 atom stereocenters. The second-order valence-electron chi connectivity index (χ2n) is 7.13. The Hall–Kier alpha value is -2.70. The third-order valence-corrected chi connectivity index (χ3v) is 7.02. The van der Waals surface area contributed by atoms with E-state index in [0.29, 0.717) is 12.3 Å². The minimum Gasteiger partial charge on any atom is -0.281 e. The highest BCUT2D eigenvalue weighted by Gasteiger charge is 2.21. The quantitative estimate of drug-likeness (QED) is 0.371. The zero-order chi connectivity index (χ0) is 20.9. The SMILES string of the molecule is Cc1ccc2sc(N(Cc3ccccn3)C(=O)CSCc3ccccc3)nc2c1C. The summed E-state index contributed by atoms with van der Waals surface area (Å²) in [4.78, 5) is 24.2. The number of thioether (sulfide) groups is 1. The van der Waals surface area contributed by atoms with Gasteiger partial charge in [-0.3, -0.25) is 14.7 Å². The minimum atomic E-state index is 0.0509. The van der Waals surface area contributed by atoms with Crippen molar-refractivity contribution in [1.29, 1.82) is 0 Å². The summed E-state index contributed by atoms with van der Waals surface area (Å²) in [5.74, 6) is 1.26. The summed E-state index contributed by atoms with van der Waals surface area (Å²) < 4.78 is 1.10. The first-order chi connectivity index (χ1) is 14.6. The smallest absolute Gasteiger partial charge is 0.239 e. The Kier molecular flexibility index (Phi) is 6.45. The third kappa shape index (κ3) is 4.71. The summed E-state index contributed by atoms with van der Waals surface area (Å²) in [5, 5.41) is 0.731. The molecule has 0 spiro atoms. The molecule has 0 unspecified atom stereocenters. The molecule has 0 aliphatic carbocycles. The van der Waals surface area contributed by atoms with Gasteiger partial charge < -0.3 is 0 Å². The normalized spacial score (nSPS) is 11.0. The molecule has 30 heavy (non-hydrogen) atoms. The van der Waals surface area contributed by atoms with Crippen LogP contribution in [0.15, 0.2) is 66.9 Å². The summed E-state index contributed by atoms with van der Waals surface area (Å²) in [6.07, 6.45) is 1.76. The lowest BCUT2D eigenvalue weighted by Gasteiger charge is -2.19. The number of thiazole rings is 1. The van der Waals surface area contributed by atoms with E-state index in [0.717, 1.165) is 26.8 Å². The Morgan fingerprint density at radius 2 is 1.83 bits per heavy atom. The van der Waals surface area contributed by atoms with Crippen molar-refractivity contribution in [3.05, 3.63) is 89.2 Å². The lowest BCUT2D eigenvalue weighted by molar-refractivity contribution is -0.116. The number of carbonyl (C=O) groups is 1. The van der Waals surface area contributed by atoms with Crippen LogP contribution >= 0.6 is 23.1 Å². The van der Waals surface area contributed by atoms with Gasteiger partial charge >= 0.3 is 0 Å². The molecular formula is C24H23N3OS2. The van der Waals surface area contributed by atoms with E-state index in [9.17, 15) is 4.79 Å². The number of aryl methyl sites for hydroxylation is 2. The fourth-order valence-corrected chi connectivity index (χ4v) is 5.06. The summed E-state index contributed by atoms with van der Waals surface area (Å²) >= 11 is 3.19. The summed E-state index contributed by atoms with van der Waals surface area (Å²) in [6, 6.07) is 20.2. The zero-order valence-corrected chi connectivity index (χ0v) is 18.7. The van der Waals surface area contributed by atoms with Crippen molar-refractivity contribution in [3.63, 3.8) is 0 Å². The lowest BCUT2D eigenvalue weighted by atomic mass is 10.1. The van der Waals surface area contributed by atoms with Gasteiger partial charge in [-0.1, -0.05) is 53.8 Å². The zero-order valence-electron chi connectivity index (χ0n) is 17.0. The van der Waals surface area contributed by atoms with Crippen LogP contribution in [0.3, 0.4) is 0 Å². The monoisotopic (exact) mass is 433 g/mol. The minimum absolute atomic E-state index is 0.0509. The molecule has 2 aromatic carbocycles. The van der Waals surface area contributed by atoms with E-state index in [1.807, 2.05) is 36.4 Å². The first-order valence-electron chi connectivity index (χ1n) is 9.80. The van der Waals surface area contributed by atoms with Crippen LogP contribution in [0.25, 0.3) is 10.2 Å². The van der Waals surface area contributed by atoms with Crippen LogP contribution in [0.5, 0.6) is 0 Å². The Morgan fingerprint density at radius 3 is 2.60 bits per heavy atom. The summed E-state index contributed by atoms with van der Waals surface area (Å²) in [6.45, 7) is 4.59. The second kappa shape index (κ2) is 9.41. The van der Waals surface area contributed by atoms with E-state index in [1.54, 1.807) is 34.2 Å². The van der Waals surface area contributed by atoms with Crippen molar-refractivity contribution in [1.82, 2.24) is 9.97 Å². The van der Waals surface area contributed by atoms with Crippen molar-refractivity contribution in [2.75, 3.05) is 10.7 Å². The number of fused-ring (bicyclic) bond motifs is 1. The molecule has 2 heterocycles. The van der Waals surface area contributed by atoms with Crippen molar-refractivity contribution >= 4 is 44.4 Å². The molecule has 6 heteroatoms. The van der Waals surface area contributed by atoms with Crippen molar-refractivity contribution < 1.29 is 4.79 Å². The highest BCUT2D eigenvalue weighted by atomic mass is 32.2. The number of anilines is 1. The van der Waals surface area contributed by atoms with E-state index < -0.39 is 0 Å². The van der Waals surface area contributed by atoms with E-state index in [-0.39, 0.29) is 5.91 Å². The Balaban J connectivity index is 1.57. The van der Waals surface area contributed by atoms with Gasteiger partial charge in [-0.05, 0) is 48.7 Å². The molecule has 0 bridgehead atoms.